The summed E-state index contributed by atoms with van der Waals surface area (Å²) in [5.41, 5.74) is 2.98. The lowest BCUT2D eigenvalue weighted by molar-refractivity contribution is -0.0217. The lowest BCUT2D eigenvalue weighted by Crippen LogP contribution is -2.46. The number of para-hydroxylation sites is 1. The van der Waals surface area contributed by atoms with Crippen LogP contribution in [0, 0.1) is 6.92 Å². The fourth-order valence-electron chi connectivity index (χ4n) is 3.52. The highest BCUT2D eigenvalue weighted by molar-refractivity contribution is 5.96. The molecule has 27 heavy (non-hydrogen) atoms. The van der Waals surface area contributed by atoms with E-state index in [9.17, 15) is 4.79 Å². The lowest BCUT2D eigenvalue weighted by atomic mass is 10.1. The second-order valence-corrected chi connectivity index (χ2v) is 6.90. The Labute approximate surface area is 158 Å². The summed E-state index contributed by atoms with van der Waals surface area (Å²) in [4.78, 5) is 14.7. The minimum Gasteiger partial charge on any atom is -0.497 e. The molecule has 2 heterocycles. The first-order chi connectivity index (χ1) is 13.1. The standard InChI is InChI=1S/C22H23NO4/c1-15-4-3-5-17-13-20(27-21(15)17)22(24)23-10-11-26-19(14-23)12-16-6-8-18(25-2)9-7-16/h3-9,13,19H,10-12,14H2,1-2H3/t19-/m0/s1. The number of hydrogen-bond acceptors (Lipinski definition) is 4. The summed E-state index contributed by atoms with van der Waals surface area (Å²) in [6.45, 7) is 3.65. The summed E-state index contributed by atoms with van der Waals surface area (Å²) >= 11 is 0. The minimum atomic E-state index is -0.0753. The maximum atomic E-state index is 12.9. The van der Waals surface area contributed by atoms with Crippen LogP contribution in [0.1, 0.15) is 21.7 Å². The second-order valence-electron chi connectivity index (χ2n) is 6.90. The Balaban J connectivity index is 1.46. The van der Waals surface area contributed by atoms with Crippen molar-refractivity contribution in [1.29, 1.82) is 0 Å². The molecule has 5 heteroatoms. The van der Waals surface area contributed by atoms with Crippen molar-refractivity contribution in [2.75, 3.05) is 26.8 Å². The van der Waals surface area contributed by atoms with Gasteiger partial charge in [-0.15, -0.1) is 0 Å². The van der Waals surface area contributed by atoms with Crippen molar-refractivity contribution < 1.29 is 18.7 Å². The Morgan fingerprint density at radius 3 is 2.78 bits per heavy atom. The van der Waals surface area contributed by atoms with Crippen molar-refractivity contribution in [2.24, 2.45) is 0 Å². The fourth-order valence-corrected chi connectivity index (χ4v) is 3.52. The lowest BCUT2D eigenvalue weighted by Gasteiger charge is -2.32. The van der Waals surface area contributed by atoms with Crippen molar-refractivity contribution in [3.63, 3.8) is 0 Å². The Bertz CT molecular complexity index is 945. The Morgan fingerprint density at radius 1 is 1.22 bits per heavy atom. The number of fused-ring (bicyclic) bond motifs is 1. The predicted molar refractivity (Wildman–Crippen MR) is 103 cm³/mol. The van der Waals surface area contributed by atoms with Gasteiger partial charge in [-0.3, -0.25) is 4.79 Å². The number of nitrogens with zero attached hydrogens (tertiary/aromatic N) is 1. The smallest absolute Gasteiger partial charge is 0.289 e. The van der Waals surface area contributed by atoms with E-state index in [1.54, 1.807) is 7.11 Å². The van der Waals surface area contributed by atoms with Crippen molar-refractivity contribution in [3.05, 3.63) is 65.4 Å². The third-order valence-corrected chi connectivity index (χ3v) is 5.00. The Kier molecular flexibility index (Phi) is 4.86. The highest BCUT2D eigenvalue weighted by Crippen LogP contribution is 2.24. The molecule has 1 saturated heterocycles. The molecule has 0 radical (unpaired) electrons. The normalized spacial score (nSPS) is 17.3. The zero-order valence-electron chi connectivity index (χ0n) is 15.6. The SMILES string of the molecule is COc1ccc(C[C@H]2CN(C(=O)c3cc4cccc(C)c4o3)CCO2)cc1. The molecule has 1 amide bonds. The van der Waals surface area contributed by atoms with Gasteiger partial charge in [-0.1, -0.05) is 30.3 Å². The van der Waals surface area contributed by atoms with E-state index in [2.05, 4.69) is 0 Å². The number of morpholine rings is 1. The van der Waals surface area contributed by atoms with Crippen molar-refractivity contribution in [3.8, 4) is 5.75 Å². The Morgan fingerprint density at radius 2 is 2.04 bits per heavy atom. The van der Waals surface area contributed by atoms with Gasteiger partial charge >= 0.3 is 0 Å². The number of furan rings is 1. The van der Waals surface area contributed by atoms with E-state index in [-0.39, 0.29) is 12.0 Å². The summed E-state index contributed by atoms with van der Waals surface area (Å²) in [6.07, 6.45) is 0.731. The van der Waals surface area contributed by atoms with Crippen LogP contribution in [0.5, 0.6) is 5.75 Å². The van der Waals surface area contributed by atoms with Crippen LogP contribution in [0.3, 0.4) is 0 Å². The van der Waals surface area contributed by atoms with E-state index in [0.717, 1.165) is 34.3 Å². The zero-order valence-corrected chi connectivity index (χ0v) is 15.6. The van der Waals surface area contributed by atoms with Gasteiger partial charge in [0, 0.05) is 24.9 Å². The molecule has 1 aliphatic rings. The van der Waals surface area contributed by atoms with E-state index in [0.29, 0.717) is 25.5 Å². The number of amides is 1. The average Bonchev–Trinajstić information content (AvgIpc) is 3.14. The molecule has 0 aliphatic carbocycles. The van der Waals surface area contributed by atoms with Crippen molar-refractivity contribution in [2.45, 2.75) is 19.4 Å². The number of rotatable bonds is 4. The molecule has 1 fully saturated rings. The molecular formula is C22H23NO4. The van der Waals surface area contributed by atoms with Gasteiger partial charge in [0.15, 0.2) is 5.76 Å². The largest absolute Gasteiger partial charge is 0.497 e. The van der Waals surface area contributed by atoms with E-state index < -0.39 is 0 Å². The molecule has 2 aromatic carbocycles. The van der Waals surface area contributed by atoms with Crippen molar-refractivity contribution in [1.82, 2.24) is 4.90 Å². The molecule has 0 bridgehead atoms. The highest BCUT2D eigenvalue weighted by atomic mass is 16.5. The fraction of sp³-hybridized carbons (Fsp3) is 0.318. The molecule has 3 aromatic rings. The van der Waals surface area contributed by atoms with Crippen LogP contribution in [0.25, 0.3) is 11.0 Å². The molecule has 140 valence electrons. The summed E-state index contributed by atoms with van der Waals surface area (Å²) in [7, 11) is 1.66. The summed E-state index contributed by atoms with van der Waals surface area (Å²) in [5, 5.41) is 0.960. The molecule has 0 saturated carbocycles. The zero-order chi connectivity index (χ0) is 18.8. The van der Waals surface area contributed by atoms with Crippen LogP contribution in [0.4, 0.5) is 0 Å². The monoisotopic (exact) mass is 365 g/mol. The number of hydrogen-bond donors (Lipinski definition) is 0. The quantitative estimate of drug-likeness (QED) is 0.705. The first-order valence-corrected chi connectivity index (χ1v) is 9.17. The van der Waals surface area contributed by atoms with Gasteiger partial charge in [0.1, 0.15) is 11.3 Å². The molecule has 1 atom stereocenters. The van der Waals surface area contributed by atoms with Crippen molar-refractivity contribution >= 4 is 16.9 Å². The summed E-state index contributed by atoms with van der Waals surface area (Å²) in [5.74, 6) is 1.15. The first-order valence-electron chi connectivity index (χ1n) is 9.17. The molecular weight excluding hydrogens is 342 g/mol. The molecule has 0 spiro atoms. The number of ether oxygens (including phenoxy) is 2. The molecule has 4 rings (SSSR count). The molecule has 1 aromatic heterocycles. The maximum absolute atomic E-state index is 12.9. The topological polar surface area (TPSA) is 51.9 Å². The number of carbonyl (C=O) groups is 1. The van der Waals surface area contributed by atoms with Gasteiger partial charge in [0.25, 0.3) is 5.91 Å². The maximum Gasteiger partial charge on any atom is 0.289 e. The van der Waals surface area contributed by atoms with E-state index in [1.807, 2.05) is 60.4 Å². The summed E-state index contributed by atoms with van der Waals surface area (Å²) < 4.78 is 16.9. The van der Waals surface area contributed by atoms with Gasteiger partial charge in [-0.2, -0.15) is 0 Å². The van der Waals surface area contributed by atoms with Crippen LogP contribution in [0.15, 0.2) is 52.9 Å². The van der Waals surface area contributed by atoms with Crippen LogP contribution in [-0.4, -0.2) is 43.7 Å². The van der Waals surface area contributed by atoms with Crippen LogP contribution >= 0.6 is 0 Å². The average molecular weight is 365 g/mol. The van der Waals surface area contributed by atoms with Gasteiger partial charge in [-0.25, -0.2) is 0 Å². The van der Waals surface area contributed by atoms with Gasteiger partial charge in [0.2, 0.25) is 0 Å². The number of carbonyl (C=O) groups excluding carboxylic acids is 1. The summed E-state index contributed by atoms with van der Waals surface area (Å²) in [6, 6.07) is 15.7. The minimum absolute atomic E-state index is 0.0257. The first kappa shape index (κ1) is 17.6. The van der Waals surface area contributed by atoms with Gasteiger partial charge in [0.05, 0.1) is 19.8 Å². The van der Waals surface area contributed by atoms with Gasteiger partial charge in [-0.05, 0) is 36.2 Å². The third-order valence-electron chi connectivity index (χ3n) is 5.00. The number of benzene rings is 2. The van der Waals surface area contributed by atoms with E-state index >= 15 is 0 Å². The molecule has 5 nitrogen and oxygen atoms in total. The van der Waals surface area contributed by atoms with Crippen LogP contribution in [-0.2, 0) is 11.2 Å². The molecule has 1 aliphatic heterocycles. The van der Waals surface area contributed by atoms with Gasteiger partial charge < -0.3 is 18.8 Å². The van der Waals surface area contributed by atoms with Crippen LogP contribution < -0.4 is 4.74 Å². The third kappa shape index (κ3) is 3.69. The highest BCUT2D eigenvalue weighted by Gasteiger charge is 2.27. The Hall–Kier alpha value is -2.79. The number of methoxy groups -OCH3 is 1. The molecule has 0 unspecified atom stereocenters. The van der Waals surface area contributed by atoms with E-state index in [4.69, 9.17) is 13.9 Å². The van der Waals surface area contributed by atoms with Crippen LogP contribution in [0.2, 0.25) is 0 Å². The molecule has 0 N–H and O–H groups in total. The predicted octanol–water partition coefficient (Wildman–Crippen LogP) is 3.83. The van der Waals surface area contributed by atoms with E-state index in [1.165, 1.54) is 0 Å². The number of aryl methyl sites for hydroxylation is 1. The second kappa shape index (κ2) is 7.45.